The number of benzene rings is 1. The van der Waals surface area contributed by atoms with Gasteiger partial charge in [-0.1, -0.05) is 37.3 Å². The molecule has 1 rings (SSSR count). The standard InChI is InChI=1S/C19H33NO2/c1-8-18(3,4)20(19(5,6)14-15-21-7)22-16(2)17-12-10-9-11-13-17/h9-13,16H,8,14-15H2,1-7H3/t16-/m0/s1. The summed E-state index contributed by atoms with van der Waals surface area (Å²) in [5, 5.41) is 2.18. The van der Waals surface area contributed by atoms with E-state index in [-0.39, 0.29) is 17.2 Å². The van der Waals surface area contributed by atoms with Gasteiger partial charge in [-0.3, -0.25) is 4.84 Å². The number of hydrogen-bond acceptors (Lipinski definition) is 3. The quantitative estimate of drug-likeness (QED) is 0.600. The van der Waals surface area contributed by atoms with Crippen LogP contribution < -0.4 is 0 Å². The van der Waals surface area contributed by atoms with Crippen LogP contribution in [0.4, 0.5) is 0 Å². The first-order valence-electron chi connectivity index (χ1n) is 8.25. The van der Waals surface area contributed by atoms with E-state index in [4.69, 9.17) is 9.57 Å². The summed E-state index contributed by atoms with van der Waals surface area (Å²) in [5.74, 6) is 0. The minimum absolute atomic E-state index is 0.0221. The van der Waals surface area contributed by atoms with E-state index < -0.39 is 0 Å². The van der Waals surface area contributed by atoms with Crippen LogP contribution in [0.5, 0.6) is 0 Å². The molecule has 126 valence electrons. The average Bonchev–Trinajstić information content (AvgIpc) is 2.51. The molecule has 0 aliphatic rings. The lowest BCUT2D eigenvalue weighted by Crippen LogP contribution is -2.55. The van der Waals surface area contributed by atoms with Gasteiger partial charge in [-0.25, -0.2) is 0 Å². The number of hydroxylamine groups is 2. The molecule has 0 amide bonds. The zero-order valence-corrected chi connectivity index (χ0v) is 15.3. The van der Waals surface area contributed by atoms with E-state index in [0.29, 0.717) is 0 Å². The molecule has 0 N–H and O–H groups in total. The molecule has 0 bridgehead atoms. The van der Waals surface area contributed by atoms with Crippen LogP contribution in [0.3, 0.4) is 0 Å². The molecule has 0 aliphatic carbocycles. The van der Waals surface area contributed by atoms with Gasteiger partial charge in [0.2, 0.25) is 0 Å². The Balaban J connectivity index is 2.96. The summed E-state index contributed by atoms with van der Waals surface area (Å²) < 4.78 is 5.28. The Morgan fingerprint density at radius 3 is 2.14 bits per heavy atom. The first-order valence-corrected chi connectivity index (χ1v) is 8.25. The summed E-state index contributed by atoms with van der Waals surface area (Å²) in [6.45, 7) is 14.0. The fraction of sp³-hybridized carbons (Fsp3) is 0.684. The molecule has 0 unspecified atom stereocenters. The Bertz CT molecular complexity index is 428. The van der Waals surface area contributed by atoms with Crippen LogP contribution in [0, 0.1) is 0 Å². The second-order valence-electron chi connectivity index (χ2n) is 7.17. The molecule has 1 atom stereocenters. The van der Waals surface area contributed by atoms with Gasteiger partial charge >= 0.3 is 0 Å². The average molecular weight is 307 g/mol. The highest BCUT2D eigenvalue weighted by Crippen LogP contribution is 2.34. The molecule has 0 saturated heterocycles. The van der Waals surface area contributed by atoms with Gasteiger partial charge in [0.05, 0.1) is 0 Å². The number of ether oxygens (including phenoxy) is 1. The largest absolute Gasteiger partial charge is 0.385 e. The fourth-order valence-electron chi connectivity index (χ4n) is 2.64. The molecular formula is C19H33NO2. The van der Waals surface area contributed by atoms with Crippen molar-refractivity contribution >= 4 is 0 Å². The Labute approximate surface area is 136 Å². The van der Waals surface area contributed by atoms with E-state index in [1.807, 2.05) is 6.07 Å². The van der Waals surface area contributed by atoms with Crippen molar-refractivity contribution < 1.29 is 9.57 Å². The van der Waals surface area contributed by atoms with Gasteiger partial charge in [0.25, 0.3) is 0 Å². The first kappa shape index (κ1) is 19.1. The lowest BCUT2D eigenvalue weighted by molar-refractivity contribution is -0.293. The summed E-state index contributed by atoms with van der Waals surface area (Å²) in [5.41, 5.74) is 1.06. The maximum atomic E-state index is 6.43. The highest BCUT2D eigenvalue weighted by atomic mass is 16.7. The van der Waals surface area contributed by atoms with E-state index >= 15 is 0 Å². The van der Waals surface area contributed by atoms with Gasteiger partial charge in [-0.05, 0) is 53.0 Å². The van der Waals surface area contributed by atoms with Crippen LogP contribution in [-0.2, 0) is 9.57 Å². The molecule has 0 fully saturated rings. The molecule has 3 nitrogen and oxygen atoms in total. The predicted molar refractivity (Wildman–Crippen MR) is 92.7 cm³/mol. The smallest absolute Gasteiger partial charge is 0.102 e. The molecule has 0 aliphatic heterocycles. The summed E-state index contributed by atoms with van der Waals surface area (Å²) in [6.07, 6.45) is 1.97. The van der Waals surface area contributed by atoms with Crippen molar-refractivity contribution in [2.24, 2.45) is 0 Å². The van der Waals surface area contributed by atoms with Gasteiger partial charge < -0.3 is 4.74 Å². The topological polar surface area (TPSA) is 21.7 Å². The first-order chi connectivity index (χ1) is 10.2. The third-order valence-electron chi connectivity index (χ3n) is 4.42. The molecule has 0 aromatic heterocycles. The van der Waals surface area contributed by atoms with Crippen LogP contribution in [0.2, 0.25) is 0 Å². The van der Waals surface area contributed by atoms with E-state index in [2.05, 4.69) is 70.9 Å². The third kappa shape index (κ3) is 5.08. The zero-order chi connectivity index (χ0) is 16.8. The van der Waals surface area contributed by atoms with Gasteiger partial charge in [0.15, 0.2) is 0 Å². The van der Waals surface area contributed by atoms with E-state index in [1.54, 1.807) is 7.11 Å². The minimum Gasteiger partial charge on any atom is -0.385 e. The van der Waals surface area contributed by atoms with Gasteiger partial charge in [0.1, 0.15) is 6.10 Å². The van der Waals surface area contributed by atoms with E-state index in [9.17, 15) is 0 Å². The van der Waals surface area contributed by atoms with Crippen LogP contribution in [0.1, 0.15) is 66.1 Å². The van der Waals surface area contributed by atoms with Crippen LogP contribution in [-0.4, -0.2) is 29.9 Å². The van der Waals surface area contributed by atoms with Crippen LogP contribution >= 0.6 is 0 Å². The van der Waals surface area contributed by atoms with Gasteiger partial charge in [0, 0.05) is 24.8 Å². The normalized spacial score (nSPS) is 14.4. The second kappa shape index (κ2) is 8.09. The lowest BCUT2D eigenvalue weighted by atomic mass is 9.92. The number of hydrogen-bond donors (Lipinski definition) is 0. The van der Waals surface area contributed by atoms with Crippen LogP contribution in [0.25, 0.3) is 0 Å². The summed E-state index contributed by atoms with van der Waals surface area (Å²) in [7, 11) is 1.75. The van der Waals surface area contributed by atoms with Crippen molar-refractivity contribution in [2.45, 2.75) is 71.6 Å². The maximum Gasteiger partial charge on any atom is 0.102 e. The van der Waals surface area contributed by atoms with Crippen molar-refractivity contribution in [3.05, 3.63) is 35.9 Å². The molecule has 1 aromatic carbocycles. The highest BCUT2D eigenvalue weighted by molar-refractivity contribution is 5.16. The van der Waals surface area contributed by atoms with Crippen molar-refractivity contribution in [2.75, 3.05) is 13.7 Å². The Morgan fingerprint density at radius 2 is 1.64 bits per heavy atom. The molecule has 0 saturated carbocycles. The Kier molecular flexibility index (Phi) is 7.04. The summed E-state index contributed by atoms with van der Waals surface area (Å²) >= 11 is 0. The van der Waals surface area contributed by atoms with Gasteiger partial charge in [-0.15, -0.1) is 0 Å². The molecule has 0 radical (unpaired) electrons. The molecule has 22 heavy (non-hydrogen) atoms. The van der Waals surface area contributed by atoms with Gasteiger partial charge in [-0.2, -0.15) is 5.06 Å². The molecular weight excluding hydrogens is 274 g/mol. The molecule has 1 aromatic rings. The Morgan fingerprint density at radius 1 is 1.05 bits per heavy atom. The second-order valence-corrected chi connectivity index (χ2v) is 7.17. The number of rotatable bonds is 9. The summed E-state index contributed by atoms with van der Waals surface area (Å²) in [4.78, 5) is 6.43. The van der Waals surface area contributed by atoms with Crippen molar-refractivity contribution in [1.82, 2.24) is 5.06 Å². The Hall–Kier alpha value is -0.900. The number of methoxy groups -OCH3 is 1. The predicted octanol–water partition coefficient (Wildman–Crippen LogP) is 4.98. The lowest BCUT2D eigenvalue weighted by Gasteiger charge is -2.48. The monoisotopic (exact) mass is 307 g/mol. The van der Waals surface area contributed by atoms with E-state index in [1.165, 1.54) is 5.56 Å². The van der Waals surface area contributed by atoms with Crippen LogP contribution in [0.15, 0.2) is 30.3 Å². The molecule has 3 heteroatoms. The minimum atomic E-state index is -0.0987. The number of nitrogens with zero attached hydrogens (tertiary/aromatic N) is 1. The van der Waals surface area contributed by atoms with Crippen molar-refractivity contribution in [3.8, 4) is 0 Å². The zero-order valence-electron chi connectivity index (χ0n) is 15.3. The molecule has 0 heterocycles. The summed E-state index contributed by atoms with van der Waals surface area (Å²) in [6, 6.07) is 10.4. The highest BCUT2D eigenvalue weighted by Gasteiger charge is 2.39. The fourth-order valence-corrected chi connectivity index (χ4v) is 2.64. The SMILES string of the molecule is CCC(C)(C)N(O[C@@H](C)c1ccccc1)C(C)(C)CCOC. The third-order valence-corrected chi connectivity index (χ3v) is 4.42. The maximum absolute atomic E-state index is 6.43. The molecule has 0 spiro atoms. The van der Waals surface area contributed by atoms with Crippen molar-refractivity contribution in [3.63, 3.8) is 0 Å². The van der Waals surface area contributed by atoms with E-state index in [0.717, 1.165) is 19.4 Å². The van der Waals surface area contributed by atoms with Crippen molar-refractivity contribution in [1.29, 1.82) is 0 Å².